The Morgan fingerprint density at radius 1 is 1.09 bits per heavy atom. The molecule has 2 aromatic carbocycles. The number of likely N-dealkylation sites (tertiary alicyclic amines) is 1. The molecule has 2 fully saturated rings. The maximum atomic E-state index is 13.6. The van der Waals surface area contributed by atoms with Crippen LogP contribution in [0.2, 0.25) is 0 Å². The second-order valence-corrected chi connectivity index (χ2v) is 10.5. The molecular formula is C29H32F5N5O5. The Hall–Kier alpha value is -4.40. The Labute approximate surface area is 249 Å². The molecule has 4 N–H and O–H groups in total. The molecule has 1 saturated heterocycles. The summed E-state index contributed by atoms with van der Waals surface area (Å²) in [7, 11) is 3.27. The van der Waals surface area contributed by atoms with Crippen LogP contribution in [0, 0.1) is 11.6 Å². The normalized spacial score (nSPS) is 21.4. The minimum absolute atomic E-state index is 0.0778. The van der Waals surface area contributed by atoms with Crippen LogP contribution in [-0.2, 0) is 16.8 Å². The third kappa shape index (κ3) is 7.38. The second kappa shape index (κ2) is 13.5. The van der Waals surface area contributed by atoms with Gasteiger partial charge in [-0.3, -0.25) is 4.90 Å². The van der Waals surface area contributed by atoms with Crippen molar-refractivity contribution in [1.82, 2.24) is 20.2 Å². The standard InChI is InChI=1S/C27H31F2N5O3.C2HF3O2/c1-36-23-6-3-17(11-24(23)37-2)27-8-7-19(33-26(35)32-18-4-5-21(28)22(29)12-18)13-25(27)34(10-9-27)15-20-14-30-16-31-20;3-2(4,5)1(6)7/h3-6,11-12,14,16,19,25H,7-10,13,15H2,1-2H3,(H,30,31)(H2,32,33,35);(H,6,7)/t19-,25+,27+;/m1./s1. The molecule has 3 atom stereocenters. The Morgan fingerprint density at radius 3 is 2.43 bits per heavy atom. The molecule has 0 bridgehead atoms. The SMILES string of the molecule is COc1ccc([C@@]23CC[C@@H](NC(=O)Nc4ccc(F)c(F)c4)C[C@@H]2N(Cc2cnc[nH]2)CC3)cc1OC.O=C(O)C(F)(F)F. The number of imidazole rings is 1. The van der Waals surface area contributed by atoms with Gasteiger partial charge in [0.15, 0.2) is 23.1 Å². The monoisotopic (exact) mass is 625 g/mol. The predicted molar refractivity (Wildman–Crippen MR) is 148 cm³/mol. The molecule has 10 nitrogen and oxygen atoms in total. The number of H-pyrrole nitrogens is 1. The molecule has 2 amide bonds. The fourth-order valence-electron chi connectivity index (χ4n) is 5.96. The first kappa shape index (κ1) is 32.5. The van der Waals surface area contributed by atoms with E-state index in [1.165, 1.54) is 11.6 Å². The van der Waals surface area contributed by atoms with Gasteiger partial charge in [0.25, 0.3) is 0 Å². The molecule has 1 aliphatic heterocycles. The van der Waals surface area contributed by atoms with Gasteiger partial charge in [0.2, 0.25) is 0 Å². The maximum Gasteiger partial charge on any atom is 0.490 e. The molecule has 3 aromatic rings. The highest BCUT2D eigenvalue weighted by Gasteiger charge is 2.51. The Bertz CT molecular complexity index is 1450. The molecular weight excluding hydrogens is 593 g/mol. The second-order valence-electron chi connectivity index (χ2n) is 10.5. The number of amides is 2. The molecule has 15 heteroatoms. The summed E-state index contributed by atoms with van der Waals surface area (Å²) in [6.45, 7) is 1.64. The van der Waals surface area contributed by atoms with E-state index in [0.29, 0.717) is 11.5 Å². The van der Waals surface area contributed by atoms with Crippen molar-refractivity contribution in [3.05, 3.63) is 71.8 Å². The third-order valence-corrected chi connectivity index (χ3v) is 8.01. The summed E-state index contributed by atoms with van der Waals surface area (Å²) in [6, 6.07) is 9.11. The van der Waals surface area contributed by atoms with Gasteiger partial charge in [-0.25, -0.2) is 23.4 Å². The first-order chi connectivity index (χ1) is 20.9. The van der Waals surface area contributed by atoms with E-state index in [0.717, 1.165) is 56.6 Å². The summed E-state index contributed by atoms with van der Waals surface area (Å²) in [6.07, 6.45) is 1.82. The number of hydrogen-bond acceptors (Lipinski definition) is 6. The molecule has 0 unspecified atom stereocenters. The number of urea groups is 1. The van der Waals surface area contributed by atoms with Crippen LogP contribution in [0.25, 0.3) is 0 Å². The fraction of sp³-hybridized carbons (Fsp3) is 0.414. The number of carboxylic acid groups (broad SMARTS) is 1. The van der Waals surface area contributed by atoms with Gasteiger partial charge in [-0.1, -0.05) is 6.07 Å². The van der Waals surface area contributed by atoms with E-state index in [1.807, 2.05) is 12.3 Å². The molecule has 0 radical (unpaired) electrons. The molecule has 0 spiro atoms. The zero-order valence-corrected chi connectivity index (χ0v) is 23.9. The van der Waals surface area contributed by atoms with Crippen molar-refractivity contribution in [1.29, 1.82) is 0 Å². The van der Waals surface area contributed by atoms with E-state index in [2.05, 4.69) is 37.6 Å². The lowest BCUT2D eigenvalue weighted by molar-refractivity contribution is -0.192. The van der Waals surface area contributed by atoms with E-state index in [-0.39, 0.29) is 23.2 Å². The number of aromatic nitrogens is 2. The lowest BCUT2D eigenvalue weighted by Crippen LogP contribution is -2.52. The molecule has 1 aliphatic carbocycles. The van der Waals surface area contributed by atoms with Gasteiger partial charge in [-0.05, 0) is 62.1 Å². The number of halogens is 5. The number of methoxy groups -OCH3 is 2. The topological polar surface area (TPSA) is 129 Å². The number of anilines is 1. The van der Waals surface area contributed by atoms with Crippen molar-refractivity contribution in [3.8, 4) is 11.5 Å². The highest BCUT2D eigenvalue weighted by atomic mass is 19.4. The molecule has 5 rings (SSSR count). The van der Waals surface area contributed by atoms with Gasteiger partial charge in [-0.15, -0.1) is 0 Å². The van der Waals surface area contributed by atoms with Crippen LogP contribution < -0.4 is 20.1 Å². The van der Waals surface area contributed by atoms with Crippen molar-refractivity contribution in [2.75, 3.05) is 26.1 Å². The Morgan fingerprint density at radius 2 is 1.82 bits per heavy atom. The number of carboxylic acids is 1. The van der Waals surface area contributed by atoms with Crippen LogP contribution in [0.3, 0.4) is 0 Å². The maximum absolute atomic E-state index is 13.6. The number of nitrogens with one attached hydrogen (secondary N) is 3. The van der Waals surface area contributed by atoms with Crippen molar-refractivity contribution in [2.45, 2.75) is 55.9 Å². The number of aromatic amines is 1. The largest absolute Gasteiger partial charge is 0.493 e. The molecule has 1 aromatic heterocycles. The number of aliphatic carboxylic acids is 1. The smallest absolute Gasteiger partial charge is 0.490 e. The number of alkyl halides is 3. The van der Waals surface area contributed by atoms with E-state index in [9.17, 15) is 26.7 Å². The van der Waals surface area contributed by atoms with Gasteiger partial charge < -0.3 is 30.2 Å². The summed E-state index contributed by atoms with van der Waals surface area (Å²) in [5.74, 6) is -3.33. The number of ether oxygens (including phenoxy) is 2. The molecule has 2 aliphatic rings. The first-order valence-corrected chi connectivity index (χ1v) is 13.6. The summed E-state index contributed by atoms with van der Waals surface area (Å²) in [5.41, 5.74) is 2.34. The van der Waals surface area contributed by atoms with Crippen LogP contribution >= 0.6 is 0 Å². The number of nitrogens with zero attached hydrogens (tertiary/aromatic N) is 2. The number of carbonyl (C=O) groups is 2. The van der Waals surface area contributed by atoms with Crippen LogP contribution in [0.1, 0.15) is 36.9 Å². The molecule has 44 heavy (non-hydrogen) atoms. The number of hydrogen-bond donors (Lipinski definition) is 4. The molecule has 1 saturated carbocycles. The Balaban J connectivity index is 0.000000566. The van der Waals surface area contributed by atoms with Gasteiger partial charge in [-0.2, -0.15) is 13.2 Å². The first-order valence-electron chi connectivity index (χ1n) is 13.6. The Kier molecular flexibility index (Phi) is 9.97. The van der Waals surface area contributed by atoms with Crippen LogP contribution in [0.4, 0.5) is 32.4 Å². The molecule has 2 heterocycles. The van der Waals surface area contributed by atoms with E-state index in [1.54, 1.807) is 20.5 Å². The number of fused-ring (bicyclic) bond motifs is 1. The van der Waals surface area contributed by atoms with E-state index < -0.39 is 29.8 Å². The zero-order valence-electron chi connectivity index (χ0n) is 23.9. The van der Waals surface area contributed by atoms with Crippen LogP contribution in [0.15, 0.2) is 48.9 Å². The minimum atomic E-state index is -5.08. The third-order valence-electron chi connectivity index (χ3n) is 8.01. The van der Waals surface area contributed by atoms with E-state index in [4.69, 9.17) is 19.4 Å². The van der Waals surface area contributed by atoms with Crippen molar-refractivity contribution in [3.63, 3.8) is 0 Å². The average Bonchev–Trinajstić information content (AvgIpc) is 3.63. The van der Waals surface area contributed by atoms with Crippen molar-refractivity contribution >= 4 is 17.7 Å². The minimum Gasteiger partial charge on any atom is -0.493 e. The number of benzene rings is 2. The van der Waals surface area contributed by atoms with Crippen molar-refractivity contribution in [2.24, 2.45) is 0 Å². The lowest BCUT2D eigenvalue weighted by Gasteiger charge is -2.45. The highest BCUT2D eigenvalue weighted by Crippen LogP contribution is 2.50. The van der Waals surface area contributed by atoms with Gasteiger partial charge in [0.05, 0.1) is 20.5 Å². The number of carbonyl (C=O) groups excluding carboxylic acids is 1. The average molecular weight is 626 g/mol. The summed E-state index contributed by atoms with van der Waals surface area (Å²) < 4.78 is 69.6. The van der Waals surface area contributed by atoms with Crippen molar-refractivity contribution < 1.29 is 46.1 Å². The van der Waals surface area contributed by atoms with E-state index >= 15 is 0 Å². The van der Waals surface area contributed by atoms with Crippen LogP contribution in [-0.4, -0.2) is 71.0 Å². The number of rotatable bonds is 7. The molecule has 238 valence electrons. The van der Waals surface area contributed by atoms with Crippen LogP contribution in [0.5, 0.6) is 11.5 Å². The predicted octanol–water partition coefficient (Wildman–Crippen LogP) is 5.22. The lowest BCUT2D eigenvalue weighted by atomic mass is 9.65. The highest BCUT2D eigenvalue weighted by molar-refractivity contribution is 5.89. The van der Waals surface area contributed by atoms with Gasteiger partial charge >= 0.3 is 18.2 Å². The van der Waals surface area contributed by atoms with Gasteiger partial charge in [0.1, 0.15) is 0 Å². The fourth-order valence-corrected chi connectivity index (χ4v) is 5.96. The summed E-state index contributed by atoms with van der Waals surface area (Å²) in [4.78, 5) is 31.4. The quantitative estimate of drug-likeness (QED) is 0.265. The summed E-state index contributed by atoms with van der Waals surface area (Å²) >= 11 is 0. The summed E-state index contributed by atoms with van der Waals surface area (Å²) in [5, 5.41) is 12.8. The van der Waals surface area contributed by atoms with Gasteiger partial charge in [0, 0.05) is 47.7 Å². The zero-order chi connectivity index (χ0) is 32.1.